The average Bonchev–Trinajstić information content (AvgIpc) is 2.16. The minimum Gasteiger partial charge on any atom is -0.768 e. The number of hydrogen-bond donors (Lipinski definition) is 0. The topological polar surface area (TPSA) is 74.3 Å². The quantitative estimate of drug-likeness (QED) is 0.507. The van der Waals surface area contributed by atoms with E-state index in [9.17, 15) is 17.2 Å². The van der Waals surface area contributed by atoms with Crippen LogP contribution in [0.15, 0.2) is 34.1 Å². The molecule has 9 heteroatoms. The molecule has 0 aromatic heterocycles. The highest BCUT2D eigenvalue weighted by atomic mass is 80.0. The van der Waals surface area contributed by atoms with Crippen molar-refractivity contribution in [1.29, 1.82) is 0 Å². The molecule has 0 N–H and O–H groups in total. The van der Waals surface area contributed by atoms with Crippen LogP contribution in [0, 0.1) is 0 Å². The summed E-state index contributed by atoms with van der Waals surface area (Å²) in [6, 6.07) is 5.05. The Kier molecular flexibility index (Phi) is 4.76. The van der Waals surface area contributed by atoms with E-state index in [1.807, 2.05) is 0 Å². The Hall–Kier alpha value is 0.720. The van der Waals surface area contributed by atoms with Crippen molar-refractivity contribution < 1.29 is 17.2 Å². The van der Waals surface area contributed by atoms with Crippen LogP contribution in [0.3, 0.4) is 0 Å². The Labute approximate surface area is 120 Å². The summed E-state index contributed by atoms with van der Waals surface area (Å²) in [6.45, 7) is 0. The fraction of sp³-hybridized carbons (Fsp3) is 0.143. The summed E-state index contributed by atoms with van der Waals surface area (Å²) in [5, 5.41) is 0. The third-order valence-electron chi connectivity index (χ3n) is 1.61. The summed E-state index contributed by atoms with van der Waals surface area (Å²) < 4.78 is 43.7. The van der Waals surface area contributed by atoms with Gasteiger partial charge in [-0.05, 0) is 77.1 Å². The lowest BCUT2D eigenvalue weighted by Crippen LogP contribution is -2.18. The summed E-state index contributed by atoms with van der Waals surface area (Å²) in [5.41, 5.74) is 0. The van der Waals surface area contributed by atoms with Crippen LogP contribution in [0.25, 0.3) is 0 Å². The Morgan fingerprint density at radius 1 is 1.25 bits per heavy atom. The van der Waals surface area contributed by atoms with Gasteiger partial charge >= 0.3 is 0 Å². The second kappa shape index (κ2) is 5.15. The molecule has 1 aromatic carbocycles. The van der Waals surface area contributed by atoms with Crippen molar-refractivity contribution in [3.05, 3.63) is 24.3 Å². The third-order valence-corrected chi connectivity index (χ3v) is 7.57. The van der Waals surface area contributed by atoms with E-state index in [1.54, 1.807) is 0 Å². The monoisotopic (exact) mass is 453 g/mol. The highest BCUT2D eigenvalue weighted by Gasteiger charge is 2.37. The normalized spacial score (nSPS) is 14.8. The molecular formula is C7H4Br3O4S2-. The third kappa shape index (κ3) is 3.14. The minimum absolute atomic E-state index is 0.0853. The molecule has 0 aliphatic rings. The molecule has 0 aliphatic heterocycles. The zero-order valence-electron chi connectivity index (χ0n) is 7.39. The molecule has 1 aromatic rings. The van der Waals surface area contributed by atoms with E-state index in [1.165, 1.54) is 18.2 Å². The van der Waals surface area contributed by atoms with Crippen LogP contribution in [0.2, 0.25) is 0 Å². The molecule has 4 nitrogen and oxygen atoms in total. The second-order valence-electron chi connectivity index (χ2n) is 2.66. The number of rotatable bonds is 2. The molecule has 0 saturated carbocycles. The van der Waals surface area contributed by atoms with E-state index < -0.39 is 22.4 Å². The molecule has 0 amide bonds. The van der Waals surface area contributed by atoms with Crippen molar-refractivity contribution in [2.45, 2.75) is 11.3 Å². The molecule has 0 bridgehead atoms. The van der Waals surface area contributed by atoms with Gasteiger partial charge in [-0.3, -0.25) is 4.21 Å². The van der Waals surface area contributed by atoms with Gasteiger partial charge in [0.2, 0.25) is 11.3 Å². The largest absolute Gasteiger partial charge is 0.768 e. The molecule has 0 heterocycles. The van der Waals surface area contributed by atoms with Crippen molar-refractivity contribution >= 4 is 68.7 Å². The highest BCUT2D eigenvalue weighted by molar-refractivity contribution is 9.42. The van der Waals surface area contributed by atoms with E-state index in [0.29, 0.717) is 0 Å². The summed E-state index contributed by atoms with van der Waals surface area (Å²) >= 11 is 6.21. The van der Waals surface area contributed by atoms with E-state index in [-0.39, 0.29) is 9.79 Å². The molecule has 1 atom stereocenters. The number of alkyl halides is 3. The van der Waals surface area contributed by atoms with Crippen LogP contribution in [0.4, 0.5) is 0 Å². The van der Waals surface area contributed by atoms with Gasteiger partial charge in [0.15, 0.2) is 0 Å². The standard InChI is InChI=1S/C7H5Br3O4S2/c8-7(9,10)16(13,14)6-3-1-2-5(4-6)15(11)12/h1-4H,(H,11,12)/p-1. The second-order valence-corrected chi connectivity index (χ2v) is 14.0. The van der Waals surface area contributed by atoms with Gasteiger partial charge < -0.3 is 4.55 Å². The first kappa shape index (κ1) is 14.8. The van der Waals surface area contributed by atoms with Gasteiger partial charge in [0.05, 0.1) is 4.90 Å². The first-order valence-corrected chi connectivity index (χ1v) is 8.60. The molecule has 0 aliphatic carbocycles. The molecule has 0 fully saturated rings. The van der Waals surface area contributed by atoms with Gasteiger partial charge in [0.25, 0.3) is 0 Å². The van der Waals surface area contributed by atoms with Crippen LogP contribution in [0.5, 0.6) is 0 Å². The van der Waals surface area contributed by atoms with Crippen LogP contribution in [-0.4, -0.2) is 18.7 Å². The van der Waals surface area contributed by atoms with Gasteiger partial charge in [-0.1, -0.05) is 6.07 Å². The molecule has 1 rings (SSSR count). The summed E-state index contributed by atoms with van der Waals surface area (Å²) in [5.74, 6) is 0. The van der Waals surface area contributed by atoms with Crippen LogP contribution < -0.4 is 0 Å². The summed E-state index contributed by atoms with van der Waals surface area (Å²) in [6.07, 6.45) is 0. The van der Waals surface area contributed by atoms with Gasteiger partial charge in [0, 0.05) is 4.90 Å². The Balaban J connectivity index is 3.36. The minimum atomic E-state index is -3.76. The Morgan fingerprint density at radius 3 is 2.25 bits per heavy atom. The predicted molar refractivity (Wildman–Crippen MR) is 70.3 cm³/mol. The molecule has 0 spiro atoms. The van der Waals surface area contributed by atoms with Crippen molar-refractivity contribution in [3.8, 4) is 0 Å². The molecule has 0 radical (unpaired) electrons. The lowest BCUT2D eigenvalue weighted by atomic mass is 10.4. The van der Waals surface area contributed by atoms with Crippen LogP contribution in [-0.2, 0) is 20.9 Å². The van der Waals surface area contributed by atoms with Gasteiger partial charge in [-0.2, -0.15) is 0 Å². The number of hydrogen-bond acceptors (Lipinski definition) is 4. The van der Waals surface area contributed by atoms with E-state index in [0.717, 1.165) is 6.07 Å². The van der Waals surface area contributed by atoms with Gasteiger partial charge in [0.1, 0.15) is 0 Å². The zero-order chi connectivity index (χ0) is 12.6. The maximum absolute atomic E-state index is 11.9. The molecule has 0 saturated heterocycles. The smallest absolute Gasteiger partial charge is 0.239 e. The molecule has 1 unspecified atom stereocenters. The first-order valence-electron chi connectivity index (χ1n) is 3.67. The number of halogens is 3. The van der Waals surface area contributed by atoms with Crippen molar-refractivity contribution in [3.63, 3.8) is 0 Å². The van der Waals surface area contributed by atoms with Crippen molar-refractivity contribution in [2.24, 2.45) is 0 Å². The average molecular weight is 456 g/mol. The van der Waals surface area contributed by atoms with Crippen molar-refractivity contribution in [1.82, 2.24) is 0 Å². The first-order chi connectivity index (χ1) is 7.16. The zero-order valence-corrected chi connectivity index (χ0v) is 13.8. The van der Waals surface area contributed by atoms with E-state index in [4.69, 9.17) is 0 Å². The number of benzene rings is 1. The lowest BCUT2D eigenvalue weighted by molar-refractivity contribution is 0.537. The molecular weight excluding hydrogens is 452 g/mol. The SMILES string of the molecule is O=S([O-])c1cccc(S(=O)(=O)C(Br)(Br)Br)c1. The van der Waals surface area contributed by atoms with Crippen LogP contribution in [0.1, 0.15) is 0 Å². The van der Waals surface area contributed by atoms with E-state index in [2.05, 4.69) is 47.8 Å². The van der Waals surface area contributed by atoms with Crippen LogP contribution >= 0.6 is 47.8 Å². The predicted octanol–water partition coefficient (Wildman–Crippen LogP) is 2.49. The Morgan fingerprint density at radius 2 is 1.81 bits per heavy atom. The van der Waals surface area contributed by atoms with Crippen molar-refractivity contribution in [2.75, 3.05) is 0 Å². The Bertz CT molecular complexity index is 521. The van der Waals surface area contributed by atoms with E-state index >= 15 is 0 Å². The fourth-order valence-electron chi connectivity index (χ4n) is 0.879. The number of sulfone groups is 1. The summed E-state index contributed by atoms with van der Waals surface area (Å²) in [7, 11) is -3.76. The molecule has 90 valence electrons. The maximum Gasteiger partial charge on any atom is 0.239 e. The highest BCUT2D eigenvalue weighted by Crippen LogP contribution is 2.43. The van der Waals surface area contributed by atoms with Gasteiger partial charge in [-0.15, -0.1) is 0 Å². The molecule has 16 heavy (non-hydrogen) atoms. The lowest BCUT2D eigenvalue weighted by Gasteiger charge is -2.14. The fourth-order valence-corrected chi connectivity index (χ4v) is 3.86. The summed E-state index contributed by atoms with van der Waals surface area (Å²) in [4.78, 5) is -0.197. The maximum atomic E-state index is 11.9. The van der Waals surface area contributed by atoms with Gasteiger partial charge in [-0.25, -0.2) is 8.42 Å².